The molecule has 1 N–H and O–H groups in total. The molecule has 1 saturated heterocycles. The van der Waals surface area contributed by atoms with Gasteiger partial charge in [0.2, 0.25) is 5.91 Å². The van der Waals surface area contributed by atoms with Crippen molar-refractivity contribution in [1.29, 1.82) is 0 Å². The predicted octanol–water partition coefficient (Wildman–Crippen LogP) is 4.64. The van der Waals surface area contributed by atoms with Crippen molar-refractivity contribution in [3.05, 3.63) is 64.9 Å². The molecule has 1 aromatic heterocycles. The quantitative estimate of drug-likeness (QED) is 0.502. The largest absolute Gasteiger partial charge is 0.371 e. The van der Waals surface area contributed by atoms with Crippen LogP contribution in [0, 0.1) is 6.92 Å². The molecule has 4 rings (SSSR count). The van der Waals surface area contributed by atoms with E-state index >= 15 is 0 Å². The number of nitrogens with zero attached hydrogens (tertiary/aromatic N) is 2. The predicted molar refractivity (Wildman–Crippen MR) is 135 cm³/mol. The maximum absolute atomic E-state index is 13.1. The fraction of sp³-hybridized carbons (Fsp3) is 0.360. The molecular formula is C25H28BrN3O3S. The Kier molecular flexibility index (Phi) is 7.05. The number of piperidine rings is 1. The number of hydrogen-bond donors (Lipinski definition) is 1. The molecular weight excluding hydrogens is 502 g/mol. The Labute approximate surface area is 203 Å². The minimum Gasteiger partial charge on any atom is -0.371 e. The van der Waals surface area contributed by atoms with E-state index in [1.54, 1.807) is 25.1 Å². The van der Waals surface area contributed by atoms with Gasteiger partial charge in [-0.15, -0.1) is 0 Å². The lowest BCUT2D eigenvalue weighted by Crippen LogP contribution is -2.45. The van der Waals surface area contributed by atoms with Crippen molar-refractivity contribution >= 4 is 48.1 Å². The van der Waals surface area contributed by atoms with E-state index in [9.17, 15) is 13.2 Å². The number of benzene rings is 2. The second-order valence-electron chi connectivity index (χ2n) is 8.70. The molecule has 0 radical (unpaired) electrons. The molecule has 1 unspecified atom stereocenters. The molecule has 174 valence electrons. The number of aromatic nitrogens is 1. The van der Waals surface area contributed by atoms with Crippen molar-refractivity contribution in [1.82, 2.24) is 10.3 Å². The van der Waals surface area contributed by atoms with E-state index in [-0.39, 0.29) is 23.3 Å². The van der Waals surface area contributed by atoms with Gasteiger partial charge in [0.05, 0.1) is 10.1 Å². The lowest BCUT2D eigenvalue weighted by atomic mass is 10.0. The second-order valence-corrected chi connectivity index (χ2v) is 12.0. The maximum atomic E-state index is 13.1. The monoisotopic (exact) mass is 529 g/mol. The average Bonchev–Trinajstić information content (AvgIpc) is 2.79. The SMILES string of the molecule is Cc1cc(N2CCC(NC(=O)CC(C)S(=O)(=O)c3ccc4cc(Br)ccc4c3)CC2)ccn1. The van der Waals surface area contributed by atoms with Gasteiger partial charge < -0.3 is 10.2 Å². The molecule has 1 aliphatic heterocycles. The summed E-state index contributed by atoms with van der Waals surface area (Å²) in [5, 5.41) is 4.06. The molecule has 1 aliphatic rings. The van der Waals surface area contributed by atoms with Gasteiger partial charge in [-0.3, -0.25) is 9.78 Å². The lowest BCUT2D eigenvalue weighted by molar-refractivity contribution is -0.121. The van der Waals surface area contributed by atoms with Gasteiger partial charge in [0.25, 0.3) is 0 Å². The van der Waals surface area contributed by atoms with Crippen LogP contribution in [0.3, 0.4) is 0 Å². The number of pyridine rings is 1. The molecule has 2 heterocycles. The van der Waals surface area contributed by atoms with Crippen molar-refractivity contribution < 1.29 is 13.2 Å². The summed E-state index contributed by atoms with van der Waals surface area (Å²) in [7, 11) is -3.61. The van der Waals surface area contributed by atoms with Gasteiger partial charge in [0.15, 0.2) is 9.84 Å². The Morgan fingerprint density at radius 2 is 1.82 bits per heavy atom. The van der Waals surface area contributed by atoms with Gasteiger partial charge in [0, 0.05) is 47.6 Å². The topological polar surface area (TPSA) is 79.4 Å². The highest BCUT2D eigenvalue weighted by molar-refractivity contribution is 9.10. The Hall–Kier alpha value is -2.45. The molecule has 2 aromatic carbocycles. The number of anilines is 1. The third kappa shape index (κ3) is 5.55. The summed E-state index contributed by atoms with van der Waals surface area (Å²) in [6.45, 7) is 5.27. The van der Waals surface area contributed by atoms with Crippen LogP contribution in [0.1, 0.15) is 31.9 Å². The van der Waals surface area contributed by atoms with E-state index < -0.39 is 15.1 Å². The van der Waals surface area contributed by atoms with Gasteiger partial charge in [-0.2, -0.15) is 0 Å². The molecule has 6 nitrogen and oxygen atoms in total. The fourth-order valence-electron chi connectivity index (χ4n) is 4.27. The van der Waals surface area contributed by atoms with Crippen molar-refractivity contribution in [3.8, 4) is 0 Å². The molecule has 33 heavy (non-hydrogen) atoms. The van der Waals surface area contributed by atoms with Gasteiger partial charge >= 0.3 is 0 Å². The van der Waals surface area contributed by atoms with E-state index in [1.807, 2.05) is 37.4 Å². The summed E-state index contributed by atoms with van der Waals surface area (Å²) in [5.74, 6) is -0.214. The van der Waals surface area contributed by atoms with Gasteiger partial charge in [-0.1, -0.05) is 28.1 Å². The fourth-order valence-corrected chi connectivity index (χ4v) is 6.03. The maximum Gasteiger partial charge on any atom is 0.221 e. The van der Waals surface area contributed by atoms with Crippen molar-refractivity contribution in [2.45, 2.75) is 49.3 Å². The summed E-state index contributed by atoms with van der Waals surface area (Å²) in [6.07, 6.45) is 3.42. The number of hydrogen-bond acceptors (Lipinski definition) is 5. The first-order chi connectivity index (χ1) is 15.7. The first-order valence-electron chi connectivity index (χ1n) is 11.1. The van der Waals surface area contributed by atoms with Gasteiger partial charge in [-0.05, 0) is 73.9 Å². The normalized spacial score (nSPS) is 16.0. The minimum atomic E-state index is -3.61. The molecule has 1 atom stereocenters. The van der Waals surface area contributed by atoms with Crippen LogP contribution in [0.2, 0.25) is 0 Å². The number of fused-ring (bicyclic) bond motifs is 1. The molecule has 0 saturated carbocycles. The number of carbonyl (C=O) groups excluding carboxylic acids is 1. The third-order valence-electron chi connectivity index (χ3n) is 6.21. The Bertz CT molecular complexity index is 1270. The molecule has 0 bridgehead atoms. The summed E-state index contributed by atoms with van der Waals surface area (Å²) in [5.41, 5.74) is 2.13. The first kappa shape index (κ1) is 23.7. The number of carbonyl (C=O) groups is 1. The van der Waals surface area contributed by atoms with Crippen molar-refractivity contribution in [2.24, 2.45) is 0 Å². The number of amides is 1. The lowest BCUT2D eigenvalue weighted by Gasteiger charge is -2.34. The van der Waals surface area contributed by atoms with Crippen molar-refractivity contribution in [3.63, 3.8) is 0 Å². The first-order valence-corrected chi connectivity index (χ1v) is 13.5. The highest BCUT2D eigenvalue weighted by Gasteiger charge is 2.28. The van der Waals surface area contributed by atoms with Crippen LogP contribution in [0.15, 0.2) is 64.1 Å². The second kappa shape index (κ2) is 9.81. The van der Waals surface area contributed by atoms with Crippen LogP contribution in [0.5, 0.6) is 0 Å². The molecule has 8 heteroatoms. The zero-order valence-corrected chi connectivity index (χ0v) is 21.2. The van der Waals surface area contributed by atoms with Crippen molar-refractivity contribution in [2.75, 3.05) is 18.0 Å². The Morgan fingerprint density at radius 3 is 2.55 bits per heavy atom. The summed E-state index contributed by atoms with van der Waals surface area (Å²) in [6, 6.07) is 15.0. The number of rotatable bonds is 6. The number of aryl methyl sites for hydroxylation is 1. The molecule has 0 aliphatic carbocycles. The zero-order chi connectivity index (χ0) is 23.6. The number of nitrogens with one attached hydrogen (secondary N) is 1. The van der Waals surface area contributed by atoms with Gasteiger partial charge in [-0.25, -0.2) is 8.42 Å². The molecule has 1 fully saturated rings. The highest BCUT2D eigenvalue weighted by atomic mass is 79.9. The average molecular weight is 530 g/mol. The van der Waals surface area contributed by atoms with E-state index in [0.29, 0.717) is 0 Å². The van der Waals surface area contributed by atoms with E-state index in [0.717, 1.165) is 52.6 Å². The molecule has 1 amide bonds. The summed E-state index contributed by atoms with van der Waals surface area (Å²) < 4.78 is 27.1. The van der Waals surface area contributed by atoms with E-state index in [2.05, 4.69) is 37.2 Å². The Morgan fingerprint density at radius 1 is 1.12 bits per heavy atom. The van der Waals surface area contributed by atoms with Crippen LogP contribution in [0.4, 0.5) is 5.69 Å². The van der Waals surface area contributed by atoms with Crippen LogP contribution < -0.4 is 10.2 Å². The van der Waals surface area contributed by atoms with Crippen LogP contribution in [-0.4, -0.2) is 43.7 Å². The van der Waals surface area contributed by atoms with Crippen LogP contribution in [-0.2, 0) is 14.6 Å². The van der Waals surface area contributed by atoms with Gasteiger partial charge in [0.1, 0.15) is 0 Å². The Balaban J connectivity index is 1.34. The standard InChI is InChI=1S/C25H28BrN3O3S/c1-17-13-23(7-10-27-17)29-11-8-22(9-12-29)28-25(30)14-18(2)33(31,32)24-6-4-19-15-21(26)5-3-20(19)16-24/h3-7,10,13,15-16,18,22H,8-9,11-12,14H2,1-2H3,(H,28,30). The van der Waals surface area contributed by atoms with Crippen LogP contribution in [0.25, 0.3) is 10.8 Å². The molecule has 3 aromatic rings. The molecule has 0 spiro atoms. The van der Waals surface area contributed by atoms with E-state index in [4.69, 9.17) is 0 Å². The summed E-state index contributed by atoms with van der Waals surface area (Å²) in [4.78, 5) is 19.4. The number of sulfone groups is 1. The number of halogens is 1. The van der Waals surface area contributed by atoms with Crippen LogP contribution >= 0.6 is 15.9 Å². The summed E-state index contributed by atoms with van der Waals surface area (Å²) >= 11 is 3.43. The smallest absolute Gasteiger partial charge is 0.221 e. The third-order valence-corrected chi connectivity index (χ3v) is 8.84. The van der Waals surface area contributed by atoms with E-state index in [1.165, 1.54) is 0 Å². The minimum absolute atomic E-state index is 0.0511. The zero-order valence-electron chi connectivity index (χ0n) is 18.8. The highest BCUT2D eigenvalue weighted by Crippen LogP contribution is 2.26.